The highest BCUT2D eigenvalue weighted by Crippen LogP contribution is 2.30. The first-order chi connectivity index (χ1) is 13.2. The van der Waals surface area contributed by atoms with E-state index >= 15 is 0 Å². The smallest absolute Gasteiger partial charge is 0.264 e. The molecule has 4 rings (SSSR count). The summed E-state index contributed by atoms with van der Waals surface area (Å²) in [5.74, 6) is 1.54. The summed E-state index contributed by atoms with van der Waals surface area (Å²) in [6, 6.07) is 16.6. The van der Waals surface area contributed by atoms with E-state index in [4.69, 9.17) is 9.47 Å². The molecule has 0 aliphatic carbocycles. The normalized spacial score (nSPS) is 10.7. The number of carbonyl (C=O) groups is 1. The highest BCUT2D eigenvalue weighted by atomic mass is 32.1. The number of anilines is 1. The monoisotopic (exact) mass is 381 g/mol. The van der Waals surface area contributed by atoms with Crippen molar-refractivity contribution >= 4 is 27.3 Å². The van der Waals surface area contributed by atoms with Crippen LogP contribution < -0.4 is 14.8 Å². The Morgan fingerprint density at radius 1 is 1.11 bits per heavy atom. The van der Waals surface area contributed by atoms with Crippen molar-refractivity contribution in [3.8, 4) is 22.9 Å². The summed E-state index contributed by atoms with van der Waals surface area (Å²) >= 11 is 1.23. The predicted molar refractivity (Wildman–Crippen MR) is 101 cm³/mol. The Morgan fingerprint density at radius 3 is 2.70 bits per heavy atom. The molecule has 9 heteroatoms. The summed E-state index contributed by atoms with van der Waals surface area (Å²) in [6.45, 7) is -0.108. The number of fused-ring (bicyclic) bond motifs is 1. The van der Waals surface area contributed by atoms with Gasteiger partial charge in [-0.2, -0.15) is 4.52 Å². The summed E-state index contributed by atoms with van der Waals surface area (Å²) in [6.07, 6.45) is 0. The van der Waals surface area contributed by atoms with Crippen molar-refractivity contribution in [3.05, 3.63) is 54.6 Å². The number of nitrogens with zero attached hydrogens (tertiary/aromatic N) is 4. The molecule has 1 N–H and O–H groups in total. The molecule has 0 bridgehead atoms. The lowest BCUT2D eigenvalue weighted by Gasteiger charge is -2.05. The SMILES string of the molecule is COc1ccccc1-c1nnc2sc(NC(=O)COc3ccccc3)nn12. The maximum absolute atomic E-state index is 12.1. The Labute approximate surface area is 158 Å². The van der Waals surface area contributed by atoms with E-state index < -0.39 is 0 Å². The Hall–Kier alpha value is -3.46. The first kappa shape index (κ1) is 17.0. The maximum Gasteiger partial charge on any atom is 0.264 e. The molecule has 0 saturated heterocycles. The van der Waals surface area contributed by atoms with Gasteiger partial charge in [-0.25, -0.2) is 0 Å². The Kier molecular flexibility index (Phi) is 4.67. The van der Waals surface area contributed by atoms with Crippen molar-refractivity contribution in [3.63, 3.8) is 0 Å². The van der Waals surface area contributed by atoms with Crippen LogP contribution in [0.3, 0.4) is 0 Å². The van der Waals surface area contributed by atoms with Gasteiger partial charge in [0.15, 0.2) is 12.4 Å². The zero-order valence-corrected chi connectivity index (χ0v) is 15.1. The number of hydrogen-bond acceptors (Lipinski definition) is 7. The molecule has 27 heavy (non-hydrogen) atoms. The van der Waals surface area contributed by atoms with E-state index in [1.54, 1.807) is 23.8 Å². The third kappa shape index (κ3) is 3.58. The number of hydrogen-bond donors (Lipinski definition) is 1. The molecule has 0 fully saturated rings. The topological polar surface area (TPSA) is 90.6 Å². The minimum Gasteiger partial charge on any atom is -0.496 e. The van der Waals surface area contributed by atoms with Crippen LogP contribution >= 0.6 is 11.3 Å². The fourth-order valence-corrected chi connectivity index (χ4v) is 3.24. The van der Waals surface area contributed by atoms with Crippen molar-refractivity contribution in [1.29, 1.82) is 0 Å². The fourth-order valence-electron chi connectivity index (χ4n) is 2.49. The van der Waals surface area contributed by atoms with Gasteiger partial charge in [0.05, 0.1) is 12.7 Å². The second kappa shape index (κ2) is 7.42. The first-order valence-corrected chi connectivity index (χ1v) is 8.89. The third-order valence-corrected chi connectivity index (χ3v) is 4.51. The lowest BCUT2D eigenvalue weighted by molar-refractivity contribution is -0.118. The van der Waals surface area contributed by atoms with E-state index in [1.165, 1.54) is 11.3 Å². The quantitative estimate of drug-likeness (QED) is 0.552. The molecule has 0 spiro atoms. The molecule has 136 valence electrons. The minimum atomic E-state index is -0.303. The van der Waals surface area contributed by atoms with Crippen LogP contribution in [0.15, 0.2) is 54.6 Å². The minimum absolute atomic E-state index is 0.108. The average molecular weight is 381 g/mol. The van der Waals surface area contributed by atoms with Gasteiger partial charge in [-0.3, -0.25) is 10.1 Å². The number of carbonyl (C=O) groups excluding carboxylic acids is 1. The van der Waals surface area contributed by atoms with Gasteiger partial charge >= 0.3 is 0 Å². The lowest BCUT2D eigenvalue weighted by Crippen LogP contribution is -2.20. The van der Waals surface area contributed by atoms with E-state index in [0.717, 1.165) is 5.56 Å². The summed E-state index contributed by atoms with van der Waals surface area (Å²) in [4.78, 5) is 12.7. The van der Waals surface area contributed by atoms with Crippen molar-refractivity contribution in [2.24, 2.45) is 0 Å². The zero-order valence-electron chi connectivity index (χ0n) is 14.3. The number of methoxy groups -OCH3 is 1. The van der Waals surface area contributed by atoms with E-state index in [1.807, 2.05) is 42.5 Å². The molecule has 4 aromatic rings. The highest BCUT2D eigenvalue weighted by Gasteiger charge is 2.17. The molecule has 0 unspecified atom stereocenters. The Morgan fingerprint density at radius 2 is 1.89 bits per heavy atom. The van der Waals surface area contributed by atoms with Crippen molar-refractivity contribution < 1.29 is 14.3 Å². The number of nitrogens with one attached hydrogen (secondary N) is 1. The van der Waals surface area contributed by atoms with Crippen LogP contribution in [0.1, 0.15) is 0 Å². The third-order valence-electron chi connectivity index (χ3n) is 3.70. The number of amides is 1. The first-order valence-electron chi connectivity index (χ1n) is 8.08. The van der Waals surface area contributed by atoms with Crippen LogP contribution in [0.5, 0.6) is 11.5 Å². The van der Waals surface area contributed by atoms with E-state index in [0.29, 0.717) is 27.4 Å². The van der Waals surface area contributed by atoms with Crippen LogP contribution in [-0.4, -0.2) is 39.4 Å². The molecule has 0 atom stereocenters. The molecule has 2 aromatic carbocycles. The van der Waals surface area contributed by atoms with Crippen LogP contribution in [0.25, 0.3) is 16.3 Å². The molecule has 2 heterocycles. The van der Waals surface area contributed by atoms with Crippen molar-refractivity contribution in [2.45, 2.75) is 0 Å². The molecule has 0 aliphatic rings. The zero-order chi connectivity index (χ0) is 18.6. The summed E-state index contributed by atoms with van der Waals surface area (Å²) in [7, 11) is 1.59. The van der Waals surface area contributed by atoms with E-state index in [-0.39, 0.29) is 12.5 Å². The van der Waals surface area contributed by atoms with Crippen molar-refractivity contribution in [2.75, 3.05) is 19.0 Å². The van der Waals surface area contributed by atoms with Crippen LogP contribution in [0.2, 0.25) is 0 Å². The number of ether oxygens (including phenoxy) is 2. The van der Waals surface area contributed by atoms with Gasteiger partial charge in [-0.05, 0) is 24.3 Å². The van der Waals surface area contributed by atoms with Crippen LogP contribution in [-0.2, 0) is 4.79 Å². The summed E-state index contributed by atoms with van der Waals surface area (Å²) in [5.41, 5.74) is 0.767. The second-order valence-electron chi connectivity index (χ2n) is 5.48. The number of benzene rings is 2. The van der Waals surface area contributed by atoms with Gasteiger partial charge in [0.2, 0.25) is 10.1 Å². The summed E-state index contributed by atoms with van der Waals surface area (Å²) < 4.78 is 12.4. The molecule has 2 aromatic heterocycles. The van der Waals surface area contributed by atoms with Crippen LogP contribution in [0, 0.1) is 0 Å². The van der Waals surface area contributed by atoms with Gasteiger partial charge in [-0.1, -0.05) is 41.7 Å². The second-order valence-corrected chi connectivity index (χ2v) is 6.43. The number of rotatable bonds is 6. The number of aromatic nitrogens is 4. The maximum atomic E-state index is 12.1. The largest absolute Gasteiger partial charge is 0.496 e. The van der Waals surface area contributed by atoms with Crippen molar-refractivity contribution in [1.82, 2.24) is 19.8 Å². The highest BCUT2D eigenvalue weighted by molar-refractivity contribution is 7.20. The average Bonchev–Trinajstić information content (AvgIpc) is 3.27. The van der Waals surface area contributed by atoms with E-state index in [9.17, 15) is 4.79 Å². The molecule has 1 amide bonds. The molecular weight excluding hydrogens is 366 g/mol. The van der Waals surface area contributed by atoms with Gasteiger partial charge in [0.25, 0.3) is 5.91 Å². The molecule has 0 radical (unpaired) electrons. The Bertz CT molecular complexity index is 1080. The molecule has 0 saturated carbocycles. The Balaban J connectivity index is 1.51. The standard InChI is InChI=1S/C18H15N5O3S/c1-25-14-10-6-5-9-13(14)16-20-21-18-23(16)22-17(27-18)19-15(24)11-26-12-7-3-2-4-8-12/h2-10H,11H2,1H3,(H,19,22,24). The predicted octanol–water partition coefficient (Wildman–Crippen LogP) is 2.88. The van der Waals surface area contributed by atoms with Gasteiger partial charge in [0.1, 0.15) is 11.5 Å². The number of para-hydroxylation sites is 2. The molecule has 0 aliphatic heterocycles. The summed E-state index contributed by atoms with van der Waals surface area (Å²) in [5, 5.41) is 15.8. The van der Waals surface area contributed by atoms with Crippen LogP contribution in [0.4, 0.5) is 5.13 Å². The molecular formula is C18H15N5O3S. The van der Waals surface area contributed by atoms with E-state index in [2.05, 4.69) is 20.6 Å². The van der Waals surface area contributed by atoms with Gasteiger partial charge in [-0.15, -0.1) is 15.3 Å². The van der Waals surface area contributed by atoms with Gasteiger partial charge in [0, 0.05) is 0 Å². The molecule has 8 nitrogen and oxygen atoms in total. The lowest BCUT2D eigenvalue weighted by atomic mass is 10.2. The fraction of sp³-hybridized carbons (Fsp3) is 0.111. The van der Waals surface area contributed by atoms with Gasteiger partial charge < -0.3 is 9.47 Å².